The Labute approximate surface area is 92.6 Å². The monoisotopic (exact) mass is 213 g/mol. The molecular weight excluding hydrogens is 190 g/mol. The van der Waals surface area contributed by atoms with E-state index in [2.05, 4.69) is 19.2 Å². The smallest absolute Gasteiger partial charge is 0.407 e. The van der Waals surface area contributed by atoms with E-state index in [0.717, 1.165) is 32.2 Å². The van der Waals surface area contributed by atoms with Gasteiger partial charge in [0.2, 0.25) is 0 Å². The van der Waals surface area contributed by atoms with Crippen molar-refractivity contribution < 1.29 is 9.53 Å². The predicted octanol–water partition coefficient (Wildman–Crippen LogP) is 3.09. The van der Waals surface area contributed by atoms with Crippen molar-refractivity contribution in [2.75, 3.05) is 6.54 Å². The second-order valence-corrected chi connectivity index (χ2v) is 4.58. The number of rotatable bonds is 4. The Hall–Kier alpha value is -0.730. The van der Waals surface area contributed by atoms with Gasteiger partial charge in [0.25, 0.3) is 0 Å². The first-order valence-electron chi connectivity index (χ1n) is 6.16. The van der Waals surface area contributed by atoms with E-state index >= 15 is 0 Å². The highest BCUT2D eigenvalue weighted by Gasteiger charge is 2.21. The molecule has 3 nitrogen and oxygen atoms in total. The molecule has 0 bridgehead atoms. The van der Waals surface area contributed by atoms with Crippen molar-refractivity contribution in [3.8, 4) is 0 Å². The minimum Gasteiger partial charge on any atom is -0.446 e. The Kier molecular flexibility index (Phi) is 5.51. The molecule has 1 aliphatic carbocycles. The minimum absolute atomic E-state index is 0.148. The van der Waals surface area contributed by atoms with E-state index in [1.165, 1.54) is 12.8 Å². The van der Waals surface area contributed by atoms with Gasteiger partial charge in [0.15, 0.2) is 0 Å². The van der Waals surface area contributed by atoms with Crippen molar-refractivity contribution in [3.05, 3.63) is 0 Å². The molecule has 0 radical (unpaired) electrons. The van der Waals surface area contributed by atoms with E-state index in [4.69, 9.17) is 4.74 Å². The molecule has 0 aliphatic heterocycles. The maximum atomic E-state index is 11.4. The zero-order chi connectivity index (χ0) is 11.1. The fraction of sp³-hybridized carbons (Fsp3) is 0.917. The van der Waals surface area contributed by atoms with Gasteiger partial charge in [-0.05, 0) is 31.6 Å². The van der Waals surface area contributed by atoms with Crippen molar-refractivity contribution in [2.24, 2.45) is 5.92 Å². The Bertz CT molecular complexity index is 194. The van der Waals surface area contributed by atoms with Gasteiger partial charge in [0.1, 0.15) is 6.10 Å². The van der Waals surface area contributed by atoms with Crippen LogP contribution in [-0.2, 0) is 4.74 Å². The highest BCUT2D eigenvalue weighted by Crippen LogP contribution is 2.25. The summed E-state index contributed by atoms with van der Waals surface area (Å²) in [6, 6.07) is 0. The fourth-order valence-electron chi connectivity index (χ4n) is 2.05. The third kappa shape index (κ3) is 5.05. The number of amides is 1. The lowest BCUT2D eigenvalue weighted by molar-refractivity contribution is 0.0625. The maximum Gasteiger partial charge on any atom is 0.407 e. The number of nitrogens with one attached hydrogen (secondary N) is 1. The molecule has 1 N–H and O–H groups in total. The van der Waals surface area contributed by atoms with Gasteiger partial charge < -0.3 is 10.1 Å². The molecule has 3 heteroatoms. The molecule has 1 saturated carbocycles. The molecule has 0 heterocycles. The van der Waals surface area contributed by atoms with Gasteiger partial charge in [-0.25, -0.2) is 4.79 Å². The third-order valence-electron chi connectivity index (χ3n) is 2.96. The van der Waals surface area contributed by atoms with Crippen LogP contribution in [0, 0.1) is 5.92 Å². The first-order valence-corrected chi connectivity index (χ1v) is 6.16. The van der Waals surface area contributed by atoms with Crippen LogP contribution in [0.15, 0.2) is 0 Å². The molecule has 2 atom stereocenters. The third-order valence-corrected chi connectivity index (χ3v) is 2.96. The van der Waals surface area contributed by atoms with E-state index < -0.39 is 0 Å². The van der Waals surface area contributed by atoms with Gasteiger partial charge in [-0.2, -0.15) is 0 Å². The summed E-state index contributed by atoms with van der Waals surface area (Å²) in [6.07, 6.45) is 6.56. The first kappa shape index (κ1) is 12.3. The highest BCUT2D eigenvalue weighted by molar-refractivity contribution is 5.67. The second kappa shape index (κ2) is 6.70. The molecule has 0 spiro atoms. The Morgan fingerprint density at radius 1 is 1.47 bits per heavy atom. The molecular formula is C12H23NO2. The van der Waals surface area contributed by atoms with Crippen LogP contribution >= 0.6 is 0 Å². The standard InChI is InChI=1S/C12H23NO2/c1-3-4-8-13-12(14)15-11-7-5-6-10(2)9-11/h10-11H,3-9H2,1-2H3,(H,13,14). The number of carbonyl (C=O) groups excluding carboxylic acids is 1. The number of alkyl carbamates (subject to hydrolysis) is 1. The second-order valence-electron chi connectivity index (χ2n) is 4.58. The molecule has 0 aromatic heterocycles. The Balaban J connectivity index is 2.13. The molecule has 1 fully saturated rings. The van der Waals surface area contributed by atoms with Crippen LogP contribution in [0.3, 0.4) is 0 Å². The average molecular weight is 213 g/mol. The summed E-state index contributed by atoms with van der Waals surface area (Å²) < 4.78 is 5.36. The molecule has 0 aromatic carbocycles. The van der Waals surface area contributed by atoms with Crippen LogP contribution in [-0.4, -0.2) is 18.7 Å². The predicted molar refractivity (Wildman–Crippen MR) is 60.8 cm³/mol. The molecule has 0 saturated heterocycles. The maximum absolute atomic E-state index is 11.4. The lowest BCUT2D eigenvalue weighted by Crippen LogP contribution is -2.32. The van der Waals surface area contributed by atoms with Gasteiger partial charge in [-0.3, -0.25) is 0 Å². The molecule has 88 valence electrons. The number of carbonyl (C=O) groups is 1. The van der Waals surface area contributed by atoms with Crippen molar-refractivity contribution in [2.45, 2.75) is 58.5 Å². The normalized spacial score (nSPS) is 26.0. The fourth-order valence-corrected chi connectivity index (χ4v) is 2.05. The molecule has 2 unspecified atom stereocenters. The molecule has 1 rings (SSSR count). The summed E-state index contributed by atoms with van der Waals surface area (Å²) in [5.74, 6) is 0.701. The molecule has 15 heavy (non-hydrogen) atoms. The Morgan fingerprint density at radius 2 is 2.27 bits per heavy atom. The topological polar surface area (TPSA) is 38.3 Å². The first-order chi connectivity index (χ1) is 7.22. The number of hydrogen-bond acceptors (Lipinski definition) is 2. The molecule has 1 amide bonds. The lowest BCUT2D eigenvalue weighted by Gasteiger charge is -2.26. The summed E-state index contributed by atoms with van der Waals surface area (Å²) in [4.78, 5) is 11.4. The summed E-state index contributed by atoms with van der Waals surface area (Å²) in [5.41, 5.74) is 0. The van der Waals surface area contributed by atoms with E-state index in [1.54, 1.807) is 0 Å². The van der Waals surface area contributed by atoms with Crippen LogP contribution in [0.1, 0.15) is 52.4 Å². The van der Waals surface area contributed by atoms with Crippen molar-refractivity contribution in [1.82, 2.24) is 5.32 Å². The van der Waals surface area contributed by atoms with E-state index in [-0.39, 0.29) is 12.2 Å². The van der Waals surface area contributed by atoms with E-state index in [0.29, 0.717) is 5.92 Å². The number of unbranched alkanes of at least 4 members (excludes halogenated alkanes) is 1. The number of ether oxygens (including phenoxy) is 1. The molecule has 1 aliphatic rings. The van der Waals surface area contributed by atoms with Gasteiger partial charge in [-0.15, -0.1) is 0 Å². The number of hydrogen-bond donors (Lipinski definition) is 1. The van der Waals surface area contributed by atoms with Gasteiger partial charge in [-0.1, -0.05) is 26.7 Å². The van der Waals surface area contributed by atoms with Gasteiger partial charge in [0.05, 0.1) is 0 Å². The summed E-state index contributed by atoms with van der Waals surface area (Å²) in [6.45, 7) is 5.07. The average Bonchev–Trinajstić information content (AvgIpc) is 2.18. The quantitative estimate of drug-likeness (QED) is 0.729. The zero-order valence-electron chi connectivity index (χ0n) is 9.92. The van der Waals surface area contributed by atoms with Gasteiger partial charge in [0, 0.05) is 6.54 Å². The zero-order valence-corrected chi connectivity index (χ0v) is 9.92. The van der Waals surface area contributed by atoms with Crippen molar-refractivity contribution in [1.29, 1.82) is 0 Å². The van der Waals surface area contributed by atoms with Crippen molar-refractivity contribution >= 4 is 6.09 Å². The molecule has 0 aromatic rings. The van der Waals surface area contributed by atoms with Gasteiger partial charge >= 0.3 is 6.09 Å². The SMILES string of the molecule is CCCCNC(=O)OC1CCCC(C)C1. The van der Waals surface area contributed by atoms with Crippen molar-refractivity contribution in [3.63, 3.8) is 0 Å². The Morgan fingerprint density at radius 3 is 2.93 bits per heavy atom. The largest absolute Gasteiger partial charge is 0.446 e. The summed E-state index contributed by atoms with van der Waals surface area (Å²) in [5, 5.41) is 2.78. The van der Waals surface area contributed by atoms with Crippen LogP contribution < -0.4 is 5.32 Å². The van der Waals surface area contributed by atoms with Crippen LogP contribution in [0.5, 0.6) is 0 Å². The summed E-state index contributed by atoms with van der Waals surface area (Å²) in [7, 11) is 0. The van der Waals surface area contributed by atoms with Crippen LogP contribution in [0.2, 0.25) is 0 Å². The van der Waals surface area contributed by atoms with Crippen LogP contribution in [0.25, 0.3) is 0 Å². The lowest BCUT2D eigenvalue weighted by atomic mass is 9.89. The van der Waals surface area contributed by atoms with E-state index in [9.17, 15) is 4.79 Å². The minimum atomic E-state index is -0.234. The highest BCUT2D eigenvalue weighted by atomic mass is 16.6. The van der Waals surface area contributed by atoms with E-state index in [1.807, 2.05) is 0 Å². The summed E-state index contributed by atoms with van der Waals surface area (Å²) >= 11 is 0. The van der Waals surface area contributed by atoms with Crippen LogP contribution in [0.4, 0.5) is 4.79 Å².